The summed E-state index contributed by atoms with van der Waals surface area (Å²) < 4.78 is 10.8. The number of carbonyl (C=O) groups excluding carboxylic acids is 1. The summed E-state index contributed by atoms with van der Waals surface area (Å²) in [5.41, 5.74) is 5.04. The highest BCUT2D eigenvalue weighted by molar-refractivity contribution is 8.00. The lowest BCUT2D eigenvalue weighted by Crippen LogP contribution is -2.27. The Morgan fingerprint density at radius 1 is 1.29 bits per heavy atom. The van der Waals surface area contributed by atoms with Crippen molar-refractivity contribution in [1.82, 2.24) is 15.4 Å². The summed E-state index contributed by atoms with van der Waals surface area (Å²) >= 11 is 1.29. The number of hydrogen-bond acceptors (Lipinski definition) is 7. The van der Waals surface area contributed by atoms with E-state index in [0.717, 1.165) is 17.0 Å². The third-order valence-corrected chi connectivity index (χ3v) is 4.51. The highest BCUT2D eigenvalue weighted by Crippen LogP contribution is 2.27. The van der Waals surface area contributed by atoms with Gasteiger partial charge in [-0.05, 0) is 50.6 Å². The molecule has 1 atom stereocenters. The first kappa shape index (κ1) is 21.4. The normalized spacial score (nSPS) is 11.9. The molecule has 7 nitrogen and oxygen atoms in total. The topological polar surface area (TPSA) is 85.7 Å². The molecule has 0 aliphatic heterocycles. The number of carbonyl (C=O) groups is 1. The number of hydrogen-bond donors (Lipinski definition) is 1. The van der Waals surface area contributed by atoms with Crippen molar-refractivity contribution in [2.45, 2.75) is 31.2 Å². The van der Waals surface area contributed by atoms with E-state index in [2.05, 4.69) is 27.1 Å². The predicted molar refractivity (Wildman–Crippen MR) is 111 cm³/mol. The fourth-order valence-corrected chi connectivity index (χ4v) is 3.12. The zero-order valence-corrected chi connectivity index (χ0v) is 17.2. The molecule has 1 unspecified atom stereocenters. The van der Waals surface area contributed by atoms with Crippen LogP contribution in [-0.4, -0.2) is 41.1 Å². The number of rotatable bonds is 9. The number of benzene rings is 1. The number of methoxy groups -OCH3 is 1. The molecule has 1 aromatic heterocycles. The van der Waals surface area contributed by atoms with Crippen LogP contribution in [0.1, 0.15) is 23.9 Å². The van der Waals surface area contributed by atoms with Crippen LogP contribution in [0.4, 0.5) is 0 Å². The van der Waals surface area contributed by atoms with Gasteiger partial charge in [0.1, 0.15) is 6.61 Å². The van der Waals surface area contributed by atoms with E-state index in [9.17, 15) is 4.79 Å². The molecule has 0 radical (unpaired) electrons. The number of aromatic nitrogens is 2. The third-order valence-electron chi connectivity index (χ3n) is 3.55. The molecular formula is C20H24N4O3S. The standard InChI is InChI=1S/C20H24N4O3S/c1-6-9-27-17-8-7-16(11-18(17)26-5)12-21-24-19(25)15(4)28-20-22-13(2)10-14(3)23-20/h6-8,10-12,15H,1,9H2,2-5H3,(H,24,25). The fourth-order valence-electron chi connectivity index (χ4n) is 2.25. The van der Waals surface area contributed by atoms with Crippen LogP contribution in [0.15, 0.2) is 47.2 Å². The second-order valence-electron chi connectivity index (χ2n) is 5.94. The SMILES string of the molecule is C=CCOc1ccc(C=NNC(=O)C(C)Sc2nc(C)cc(C)n2)cc1OC. The summed E-state index contributed by atoms with van der Waals surface area (Å²) in [4.78, 5) is 20.9. The van der Waals surface area contributed by atoms with Crippen molar-refractivity contribution in [3.63, 3.8) is 0 Å². The van der Waals surface area contributed by atoms with Gasteiger partial charge in [-0.2, -0.15) is 5.10 Å². The first-order valence-corrected chi connectivity index (χ1v) is 9.54. The van der Waals surface area contributed by atoms with Gasteiger partial charge in [0.15, 0.2) is 16.7 Å². The maximum Gasteiger partial charge on any atom is 0.253 e. The smallest absolute Gasteiger partial charge is 0.253 e. The summed E-state index contributed by atoms with van der Waals surface area (Å²) in [6.07, 6.45) is 3.20. The molecule has 1 heterocycles. The van der Waals surface area contributed by atoms with Crippen molar-refractivity contribution < 1.29 is 14.3 Å². The number of ether oxygens (including phenoxy) is 2. The maximum absolute atomic E-state index is 12.2. The second-order valence-corrected chi connectivity index (χ2v) is 7.25. The molecule has 148 valence electrons. The lowest BCUT2D eigenvalue weighted by molar-refractivity contribution is -0.120. The summed E-state index contributed by atoms with van der Waals surface area (Å²) in [6.45, 7) is 9.59. The van der Waals surface area contributed by atoms with Gasteiger partial charge in [0.25, 0.3) is 5.91 Å². The monoisotopic (exact) mass is 400 g/mol. The number of hydrazone groups is 1. The Hall–Kier alpha value is -2.87. The van der Waals surface area contributed by atoms with Crippen LogP contribution in [0, 0.1) is 13.8 Å². The van der Waals surface area contributed by atoms with Crippen LogP contribution in [0.3, 0.4) is 0 Å². The minimum atomic E-state index is -0.387. The average Bonchev–Trinajstić information content (AvgIpc) is 2.65. The van der Waals surface area contributed by atoms with Gasteiger partial charge in [0.2, 0.25) is 0 Å². The number of amides is 1. The number of aryl methyl sites for hydroxylation is 2. The zero-order chi connectivity index (χ0) is 20.5. The van der Waals surface area contributed by atoms with Crippen LogP contribution in [0.2, 0.25) is 0 Å². The number of nitrogens with zero attached hydrogens (tertiary/aromatic N) is 3. The van der Waals surface area contributed by atoms with Gasteiger partial charge in [-0.3, -0.25) is 4.79 Å². The minimum Gasteiger partial charge on any atom is -0.493 e. The molecule has 1 N–H and O–H groups in total. The van der Waals surface area contributed by atoms with Crippen molar-refractivity contribution >= 4 is 23.9 Å². The Morgan fingerprint density at radius 3 is 2.64 bits per heavy atom. The fraction of sp³-hybridized carbons (Fsp3) is 0.300. The highest BCUT2D eigenvalue weighted by Gasteiger charge is 2.16. The third kappa shape index (κ3) is 6.38. The molecule has 0 fully saturated rings. The maximum atomic E-state index is 12.2. The molecular weight excluding hydrogens is 376 g/mol. The molecule has 1 aromatic carbocycles. The molecule has 0 saturated carbocycles. The van der Waals surface area contributed by atoms with E-state index in [0.29, 0.717) is 23.3 Å². The van der Waals surface area contributed by atoms with Crippen LogP contribution in [-0.2, 0) is 4.79 Å². The molecule has 1 amide bonds. The molecule has 0 saturated heterocycles. The quantitative estimate of drug-likeness (QED) is 0.229. The van der Waals surface area contributed by atoms with E-state index in [-0.39, 0.29) is 11.2 Å². The Balaban J connectivity index is 1.95. The van der Waals surface area contributed by atoms with Gasteiger partial charge < -0.3 is 9.47 Å². The van der Waals surface area contributed by atoms with E-state index in [1.54, 1.807) is 38.5 Å². The highest BCUT2D eigenvalue weighted by atomic mass is 32.2. The predicted octanol–water partition coefficient (Wildman–Crippen LogP) is 3.30. The first-order valence-electron chi connectivity index (χ1n) is 8.66. The molecule has 0 aliphatic rings. The van der Waals surface area contributed by atoms with Gasteiger partial charge in [-0.25, -0.2) is 15.4 Å². The van der Waals surface area contributed by atoms with Gasteiger partial charge in [-0.1, -0.05) is 24.4 Å². The largest absolute Gasteiger partial charge is 0.493 e. The van der Waals surface area contributed by atoms with Crippen molar-refractivity contribution in [2.75, 3.05) is 13.7 Å². The first-order chi connectivity index (χ1) is 13.4. The molecule has 0 bridgehead atoms. The van der Waals surface area contributed by atoms with E-state index in [1.807, 2.05) is 26.0 Å². The average molecular weight is 401 g/mol. The van der Waals surface area contributed by atoms with Crippen LogP contribution < -0.4 is 14.9 Å². The Kier molecular flexibility index (Phi) is 8.01. The second kappa shape index (κ2) is 10.5. The molecule has 2 rings (SSSR count). The van der Waals surface area contributed by atoms with Crippen LogP contribution in [0.25, 0.3) is 0 Å². The summed E-state index contributed by atoms with van der Waals surface area (Å²) in [5, 5.41) is 4.20. The molecule has 0 spiro atoms. The summed E-state index contributed by atoms with van der Waals surface area (Å²) in [7, 11) is 1.56. The summed E-state index contributed by atoms with van der Waals surface area (Å²) in [5.74, 6) is 0.956. The number of nitrogens with one attached hydrogen (secondary N) is 1. The van der Waals surface area contributed by atoms with Crippen LogP contribution >= 0.6 is 11.8 Å². The molecule has 2 aromatic rings. The van der Waals surface area contributed by atoms with Gasteiger partial charge in [0.05, 0.1) is 18.6 Å². The van der Waals surface area contributed by atoms with Gasteiger partial charge in [0, 0.05) is 11.4 Å². The molecule has 8 heteroatoms. The zero-order valence-electron chi connectivity index (χ0n) is 16.4. The van der Waals surface area contributed by atoms with Crippen molar-refractivity contribution in [3.8, 4) is 11.5 Å². The van der Waals surface area contributed by atoms with Gasteiger partial charge in [-0.15, -0.1) is 0 Å². The Morgan fingerprint density at radius 2 is 2.00 bits per heavy atom. The van der Waals surface area contributed by atoms with Crippen LogP contribution in [0.5, 0.6) is 11.5 Å². The van der Waals surface area contributed by atoms with E-state index < -0.39 is 0 Å². The van der Waals surface area contributed by atoms with Gasteiger partial charge >= 0.3 is 0 Å². The molecule has 28 heavy (non-hydrogen) atoms. The van der Waals surface area contributed by atoms with Crippen molar-refractivity contribution in [3.05, 3.63) is 53.9 Å². The minimum absolute atomic E-state index is 0.234. The van der Waals surface area contributed by atoms with E-state index in [1.165, 1.54) is 11.8 Å². The lowest BCUT2D eigenvalue weighted by Gasteiger charge is -2.10. The van der Waals surface area contributed by atoms with E-state index >= 15 is 0 Å². The van der Waals surface area contributed by atoms with Crippen molar-refractivity contribution in [2.24, 2.45) is 5.10 Å². The van der Waals surface area contributed by atoms with Crippen molar-refractivity contribution in [1.29, 1.82) is 0 Å². The summed E-state index contributed by atoms with van der Waals surface area (Å²) in [6, 6.07) is 7.26. The van der Waals surface area contributed by atoms with E-state index in [4.69, 9.17) is 9.47 Å². The Labute approximate surface area is 169 Å². The Bertz CT molecular complexity index is 850. The lowest BCUT2D eigenvalue weighted by atomic mass is 10.2. The number of thioether (sulfide) groups is 1. The molecule has 0 aliphatic carbocycles.